The largest absolute Gasteiger partial charge is 0.383 e. The van der Waals surface area contributed by atoms with Crippen LogP contribution in [0.1, 0.15) is 19.3 Å². The van der Waals surface area contributed by atoms with Crippen molar-refractivity contribution in [3.8, 4) is 0 Å². The van der Waals surface area contributed by atoms with Crippen LogP contribution < -0.4 is 16.8 Å². The highest BCUT2D eigenvalue weighted by Crippen LogP contribution is 1.96. The molecule has 0 aromatic heterocycles. The molecule has 0 aromatic carbocycles. The van der Waals surface area contributed by atoms with Gasteiger partial charge in [-0.2, -0.15) is 0 Å². The van der Waals surface area contributed by atoms with E-state index in [-0.39, 0.29) is 11.9 Å². The Hall–Kier alpha value is -0.650. The Balaban J connectivity index is 3.55. The van der Waals surface area contributed by atoms with E-state index in [1.54, 1.807) is 7.11 Å². The normalized spacial score (nSPS) is 12.7. The first-order valence-corrected chi connectivity index (χ1v) is 4.91. The lowest BCUT2D eigenvalue weighted by Gasteiger charge is -2.16. The Labute approximate surface area is 85.2 Å². The van der Waals surface area contributed by atoms with Gasteiger partial charge in [-0.25, -0.2) is 0 Å². The van der Waals surface area contributed by atoms with Gasteiger partial charge in [0.05, 0.1) is 6.61 Å². The van der Waals surface area contributed by atoms with Gasteiger partial charge in [-0.3, -0.25) is 4.79 Å². The number of rotatable bonds is 9. The summed E-state index contributed by atoms with van der Waals surface area (Å²) in [5.41, 5.74) is 10.4. The molecule has 84 valence electrons. The molecule has 0 aromatic rings. The summed E-state index contributed by atoms with van der Waals surface area (Å²) in [5.74, 6) is -0.285. The third-order valence-electron chi connectivity index (χ3n) is 1.93. The lowest BCUT2D eigenvalue weighted by atomic mass is 10.1. The summed E-state index contributed by atoms with van der Waals surface area (Å²) in [6.07, 6.45) is 2.28. The van der Waals surface area contributed by atoms with Crippen molar-refractivity contribution in [3.05, 3.63) is 0 Å². The molecule has 14 heavy (non-hydrogen) atoms. The third-order valence-corrected chi connectivity index (χ3v) is 1.93. The molecule has 5 N–H and O–H groups in total. The van der Waals surface area contributed by atoms with Crippen molar-refractivity contribution < 1.29 is 9.53 Å². The molecule has 0 radical (unpaired) electrons. The van der Waals surface area contributed by atoms with E-state index in [9.17, 15) is 4.79 Å². The number of nitrogens with one attached hydrogen (secondary N) is 1. The summed E-state index contributed by atoms with van der Waals surface area (Å²) in [6, 6.07) is 0.267. The van der Waals surface area contributed by atoms with Gasteiger partial charge in [-0.15, -0.1) is 0 Å². The fraction of sp³-hybridized carbons (Fsp3) is 0.889. The van der Waals surface area contributed by atoms with Crippen LogP contribution in [0.25, 0.3) is 0 Å². The molecule has 0 saturated carbocycles. The minimum atomic E-state index is -0.285. The molecule has 5 heteroatoms. The third kappa shape index (κ3) is 7.97. The van der Waals surface area contributed by atoms with E-state index in [2.05, 4.69) is 5.32 Å². The van der Waals surface area contributed by atoms with Gasteiger partial charge >= 0.3 is 0 Å². The second-order valence-electron chi connectivity index (χ2n) is 3.25. The predicted octanol–water partition coefficient (Wildman–Crippen LogP) is -0.795. The average molecular weight is 203 g/mol. The summed E-state index contributed by atoms with van der Waals surface area (Å²) >= 11 is 0. The molecule has 0 aliphatic heterocycles. The van der Waals surface area contributed by atoms with Gasteiger partial charge in [0, 0.05) is 26.1 Å². The first-order chi connectivity index (χ1) is 6.70. The molecule has 0 fully saturated rings. The average Bonchev–Trinajstić information content (AvgIpc) is 2.13. The molecular weight excluding hydrogens is 182 g/mol. The number of primary amides is 1. The molecule has 0 aliphatic carbocycles. The highest BCUT2D eigenvalue weighted by molar-refractivity contribution is 5.73. The van der Waals surface area contributed by atoms with Crippen LogP contribution in [-0.4, -0.2) is 38.8 Å². The minimum Gasteiger partial charge on any atom is -0.383 e. The fourth-order valence-electron chi connectivity index (χ4n) is 1.21. The number of hydrogen-bond donors (Lipinski definition) is 3. The predicted molar refractivity (Wildman–Crippen MR) is 55.8 cm³/mol. The van der Waals surface area contributed by atoms with Crippen molar-refractivity contribution in [2.45, 2.75) is 25.3 Å². The molecule has 1 atom stereocenters. The smallest absolute Gasteiger partial charge is 0.218 e. The Morgan fingerprint density at radius 1 is 1.57 bits per heavy atom. The maximum absolute atomic E-state index is 10.5. The van der Waals surface area contributed by atoms with Gasteiger partial charge in [-0.1, -0.05) is 0 Å². The van der Waals surface area contributed by atoms with Gasteiger partial charge in [0.25, 0.3) is 0 Å². The molecule has 0 rings (SSSR count). The highest BCUT2D eigenvalue weighted by Gasteiger charge is 2.06. The Bertz CT molecular complexity index is 153. The first kappa shape index (κ1) is 13.4. The standard InChI is InChI=1S/C9H21N3O2/c1-14-7-8(3-2-5-10)12-6-4-9(11)13/h8,12H,2-7,10H2,1H3,(H2,11,13). The number of amides is 1. The monoisotopic (exact) mass is 203 g/mol. The Kier molecular flexibility index (Phi) is 8.51. The number of hydrogen-bond acceptors (Lipinski definition) is 4. The van der Waals surface area contributed by atoms with Crippen molar-refractivity contribution in [2.24, 2.45) is 11.5 Å². The van der Waals surface area contributed by atoms with Gasteiger partial charge in [0.2, 0.25) is 5.91 Å². The summed E-state index contributed by atoms with van der Waals surface area (Å²) < 4.78 is 5.04. The highest BCUT2D eigenvalue weighted by atomic mass is 16.5. The molecule has 0 aliphatic rings. The topological polar surface area (TPSA) is 90.4 Å². The van der Waals surface area contributed by atoms with E-state index in [1.165, 1.54) is 0 Å². The van der Waals surface area contributed by atoms with E-state index in [1.807, 2.05) is 0 Å². The Morgan fingerprint density at radius 2 is 2.29 bits per heavy atom. The maximum atomic E-state index is 10.5. The lowest BCUT2D eigenvalue weighted by molar-refractivity contribution is -0.117. The van der Waals surface area contributed by atoms with E-state index in [0.717, 1.165) is 12.8 Å². The van der Waals surface area contributed by atoms with E-state index in [0.29, 0.717) is 26.1 Å². The van der Waals surface area contributed by atoms with Crippen molar-refractivity contribution in [3.63, 3.8) is 0 Å². The van der Waals surface area contributed by atoms with Crippen LogP contribution in [0.2, 0.25) is 0 Å². The minimum absolute atomic E-state index is 0.267. The molecule has 0 spiro atoms. The zero-order valence-electron chi connectivity index (χ0n) is 8.79. The lowest BCUT2D eigenvalue weighted by Crippen LogP contribution is -2.35. The number of nitrogens with two attached hydrogens (primary N) is 2. The van der Waals surface area contributed by atoms with Gasteiger partial charge < -0.3 is 21.5 Å². The quantitative estimate of drug-likeness (QED) is 0.458. The van der Waals surface area contributed by atoms with Gasteiger partial charge in [0.15, 0.2) is 0 Å². The van der Waals surface area contributed by atoms with Gasteiger partial charge in [-0.05, 0) is 19.4 Å². The zero-order valence-corrected chi connectivity index (χ0v) is 8.79. The van der Waals surface area contributed by atoms with Gasteiger partial charge in [0.1, 0.15) is 0 Å². The van der Waals surface area contributed by atoms with Crippen molar-refractivity contribution in [1.82, 2.24) is 5.32 Å². The number of carbonyl (C=O) groups is 1. The van der Waals surface area contributed by atoms with Crippen molar-refractivity contribution in [2.75, 3.05) is 26.8 Å². The summed E-state index contributed by atoms with van der Waals surface area (Å²) in [7, 11) is 1.66. The van der Waals surface area contributed by atoms with E-state index in [4.69, 9.17) is 16.2 Å². The van der Waals surface area contributed by atoms with E-state index >= 15 is 0 Å². The van der Waals surface area contributed by atoms with Crippen LogP contribution in [0.15, 0.2) is 0 Å². The van der Waals surface area contributed by atoms with Crippen molar-refractivity contribution in [1.29, 1.82) is 0 Å². The Morgan fingerprint density at radius 3 is 2.79 bits per heavy atom. The molecular formula is C9H21N3O2. The van der Waals surface area contributed by atoms with Crippen LogP contribution in [0.4, 0.5) is 0 Å². The molecule has 0 saturated heterocycles. The fourth-order valence-corrected chi connectivity index (χ4v) is 1.21. The molecule has 0 heterocycles. The molecule has 0 bridgehead atoms. The zero-order chi connectivity index (χ0) is 10.8. The first-order valence-electron chi connectivity index (χ1n) is 4.91. The summed E-state index contributed by atoms with van der Waals surface area (Å²) in [6.45, 7) is 1.92. The van der Waals surface area contributed by atoms with Crippen LogP contribution >= 0.6 is 0 Å². The van der Waals surface area contributed by atoms with Crippen LogP contribution in [0.5, 0.6) is 0 Å². The molecule has 1 unspecified atom stereocenters. The van der Waals surface area contributed by atoms with Crippen LogP contribution in [0, 0.1) is 0 Å². The summed E-state index contributed by atoms with van der Waals surface area (Å²) in [4.78, 5) is 10.5. The second kappa shape index (κ2) is 8.93. The van der Waals surface area contributed by atoms with Crippen molar-refractivity contribution >= 4 is 5.91 Å². The molecule has 1 amide bonds. The van der Waals surface area contributed by atoms with Crippen LogP contribution in [-0.2, 0) is 9.53 Å². The number of methoxy groups -OCH3 is 1. The summed E-state index contributed by atoms with van der Waals surface area (Å²) in [5, 5.41) is 3.21. The number of ether oxygens (including phenoxy) is 1. The maximum Gasteiger partial charge on any atom is 0.218 e. The second-order valence-corrected chi connectivity index (χ2v) is 3.25. The SMILES string of the molecule is COCC(CCCN)NCCC(N)=O. The molecule has 5 nitrogen and oxygen atoms in total. The van der Waals surface area contributed by atoms with Crippen LogP contribution in [0.3, 0.4) is 0 Å². The van der Waals surface area contributed by atoms with E-state index < -0.39 is 0 Å². The number of carbonyl (C=O) groups excluding carboxylic acids is 1.